The number of carbonyl (C=O) groups excluding carboxylic acids is 1. The fourth-order valence-electron chi connectivity index (χ4n) is 14.9. The standard InChI is InChI=1S/C64H78N10O10S/c1-41-6-4-5-7-49(41)53-31-43(30-44-32-57(81-3)60(67-39-44)71-25-28-82-29-26-71)15-22-72(53)47-36-64(37-47)19-23-70(24-20-64)46-8-10-50(54(34-46)73-52-16-27-83-40-58(52)84-62-56(73)33-45-14-21-65-59(45)68-62)61(75)69-85(79,80)48-9-11-51(55(35-48)74(77)78)66-38-42-12-17-63(2,76)18-13-42/h4-11,14,21,32-35,39,42-43,47,52-53,58,66,76H,12-13,15-20,22-31,36-38,40H2,1-3H3,(H,65,68)(H,69,75)/t42?,43-,52-,53-,58-,63?/m0/s1. The van der Waals surface area contributed by atoms with E-state index in [4.69, 9.17) is 28.9 Å². The number of ether oxygens (including phenoxy) is 4. The molecule has 1 spiro atoms. The number of benzene rings is 3. The van der Waals surface area contributed by atoms with Gasteiger partial charge in [-0.1, -0.05) is 24.3 Å². The Morgan fingerprint density at radius 2 is 1.69 bits per heavy atom. The number of methoxy groups -OCH3 is 1. The normalized spacial score (nSPS) is 25.4. The minimum absolute atomic E-state index is 0.110. The predicted molar refractivity (Wildman–Crippen MR) is 325 cm³/mol. The summed E-state index contributed by atoms with van der Waals surface area (Å²) in [4.78, 5) is 48.8. The summed E-state index contributed by atoms with van der Waals surface area (Å²) in [7, 11) is -2.91. The molecule has 6 aromatic rings. The molecule has 3 aromatic heterocycles. The summed E-state index contributed by atoms with van der Waals surface area (Å²) < 4.78 is 54.9. The van der Waals surface area contributed by atoms with Crippen LogP contribution in [0.3, 0.4) is 0 Å². The van der Waals surface area contributed by atoms with Crippen LogP contribution in [0.25, 0.3) is 11.0 Å². The number of carbonyl (C=O) groups is 1. The third-order valence-electron chi connectivity index (χ3n) is 19.8. The van der Waals surface area contributed by atoms with Gasteiger partial charge in [-0.3, -0.25) is 19.8 Å². The van der Waals surface area contributed by atoms with E-state index in [0.717, 1.165) is 119 Å². The topological polar surface area (TPSA) is 230 Å². The van der Waals surface area contributed by atoms with Crippen molar-refractivity contribution in [2.75, 3.05) is 92.8 Å². The van der Waals surface area contributed by atoms with Crippen molar-refractivity contribution >= 4 is 61.2 Å². The number of fused-ring (bicyclic) bond motifs is 3. The summed E-state index contributed by atoms with van der Waals surface area (Å²) in [5.74, 6) is 1.89. The molecule has 2 saturated carbocycles. The lowest BCUT2D eigenvalue weighted by molar-refractivity contribution is -0.384. The Bertz CT molecular complexity index is 3570. The number of sulfonamides is 1. The van der Waals surface area contributed by atoms with Crippen molar-refractivity contribution in [3.05, 3.63) is 124 Å². The van der Waals surface area contributed by atoms with Gasteiger partial charge in [0, 0.05) is 80.9 Å². The minimum atomic E-state index is -4.64. The first-order valence-corrected chi connectivity index (χ1v) is 32.0. The number of aromatic nitrogens is 3. The zero-order valence-corrected chi connectivity index (χ0v) is 49.7. The number of H-pyrrole nitrogens is 1. The van der Waals surface area contributed by atoms with Crippen molar-refractivity contribution in [2.45, 2.75) is 126 Å². The SMILES string of the molecule is COc1cc(C[C@@H]2CCN(C3CC4(CCN(c5ccc(C(=O)NS(=O)(=O)c6ccc(NCC7CCC(C)(O)CC7)c([N+](=O)[O-])c6)c(N6c7cc8cc[nH]c8nc7O[C@H]7COCC[C@@H]76)c5)CC4)C3)[C@H](c3ccccc3C)C2)cnc1N1CCOCC1. The van der Waals surface area contributed by atoms with Crippen molar-refractivity contribution in [3.63, 3.8) is 0 Å². The average molecular weight is 1180 g/mol. The predicted octanol–water partition coefficient (Wildman–Crippen LogP) is 9.62. The largest absolute Gasteiger partial charge is 0.493 e. The van der Waals surface area contributed by atoms with Gasteiger partial charge in [-0.2, -0.15) is 4.98 Å². The minimum Gasteiger partial charge on any atom is -0.493 e. The summed E-state index contributed by atoms with van der Waals surface area (Å²) in [6, 6.07) is 24.8. The van der Waals surface area contributed by atoms with E-state index >= 15 is 0 Å². The molecule has 4 saturated heterocycles. The van der Waals surface area contributed by atoms with E-state index in [9.17, 15) is 28.4 Å². The van der Waals surface area contributed by atoms with Crippen LogP contribution in [-0.4, -0.2) is 141 Å². The Kier molecular flexibility index (Phi) is 15.7. The van der Waals surface area contributed by atoms with Gasteiger partial charge in [-0.25, -0.2) is 18.1 Å². The lowest BCUT2D eigenvalue weighted by Gasteiger charge is -2.58. The number of hydrogen-bond donors (Lipinski definition) is 4. The van der Waals surface area contributed by atoms with Gasteiger partial charge in [-0.15, -0.1) is 0 Å². The number of aryl methyl sites for hydroxylation is 1. The molecule has 85 heavy (non-hydrogen) atoms. The number of nitrogens with zero attached hydrogens (tertiary/aromatic N) is 7. The highest BCUT2D eigenvalue weighted by Crippen LogP contribution is 2.55. The van der Waals surface area contributed by atoms with E-state index in [2.05, 4.69) is 78.1 Å². The smallest absolute Gasteiger partial charge is 0.293 e. The van der Waals surface area contributed by atoms with Crippen LogP contribution in [-0.2, 0) is 25.9 Å². The van der Waals surface area contributed by atoms with Gasteiger partial charge >= 0.3 is 0 Å². The highest BCUT2D eigenvalue weighted by atomic mass is 32.2. The molecule has 1 amide bonds. The van der Waals surface area contributed by atoms with Gasteiger partial charge in [0.15, 0.2) is 11.6 Å². The molecule has 13 rings (SSSR count). The van der Waals surface area contributed by atoms with Crippen LogP contribution in [0, 0.1) is 34.3 Å². The third-order valence-corrected chi connectivity index (χ3v) is 21.1. The zero-order chi connectivity index (χ0) is 58.6. The maximum atomic E-state index is 14.9. The average Bonchev–Trinajstić information content (AvgIpc) is 1.90. The third kappa shape index (κ3) is 11.6. The number of nitrogens with one attached hydrogen (secondary N) is 3. The van der Waals surface area contributed by atoms with Crippen molar-refractivity contribution in [1.29, 1.82) is 0 Å². The lowest BCUT2D eigenvalue weighted by Crippen LogP contribution is -2.57. The van der Waals surface area contributed by atoms with Gasteiger partial charge < -0.3 is 49.1 Å². The van der Waals surface area contributed by atoms with E-state index in [0.29, 0.717) is 93.1 Å². The number of nitro groups is 1. The molecule has 8 heterocycles. The Morgan fingerprint density at radius 3 is 2.47 bits per heavy atom. The van der Waals surface area contributed by atoms with E-state index in [-0.39, 0.29) is 28.6 Å². The molecule has 0 bridgehead atoms. The van der Waals surface area contributed by atoms with Crippen molar-refractivity contribution in [3.8, 4) is 11.6 Å². The first-order chi connectivity index (χ1) is 41.1. The van der Waals surface area contributed by atoms with Gasteiger partial charge in [-0.05, 0) is 180 Å². The Labute approximate surface area is 496 Å². The fraction of sp³-hybridized carbons (Fsp3) is 0.516. The Balaban J connectivity index is 0.736. The number of aliphatic hydroxyl groups is 1. The van der Waals surface area contributed by atoms with Crippen LogP contribution in [0.2, 0.25) is 0 Å². The summed E-state index contributed by atoms with van der Waals surface area (Å²) >= 11 is 0. The number of piperidine rings is 2. The lowest BCUT2D eigenvalue weighted by atomic mass is 9.59. The molecular formula is C64H78N10O10S. The number of morpholine rings is 1. The number of hydrogen-bond acceptors (Lipinski definition) is 17. The highest BCUT2D eigenvalue weighted by Gasteiger charge is 2.50. The maximum Gasteiger partial charge on any atom is 0.293 e. The quantitative estimate of drug-likeness (QED) is 0.0554. The molecule has 4 atom stereocenters. The number of aromatic amines is 1. The molecular weight excluding hydrogens is 1100 g/mol. The van der Waals surface area contributed by atoms with Crippen LogP contribution in [0.15, 0.2) is 96.2 Å². The van der Waals surface area contributed by atoms with Crippen LogP contribution in [0.5, 0.6) is 11.6 Å². The molecule has 450 valence electrons. The van der Waals surface area contributed by atoms with Gasteiger partial charge in [0.25, 0.3) is 21.6 Å². The molecule has 6 fully saturated rings. The Hall–Kier alpha value is -7.04. The maximum absolute atomic E-state index is 14.9. The van der Waals surface area contributed by atoms with Gasteiger partial charge in [0.05, 0.1) is 59.6 Å². The number of anilines is 5. The van der Waals surface area contributed by atoms with E-state index in [1.807, 2.05) is 37.4 Å². The first kappa shape index (κ1) is 57.1. The van der Waals surface area contributed by atoms with Gasteiger partial charge in [0.1, 0.15) is 23.1 Å². The number of amides is 1. The second kappa shape index (κ2) is 23.3. The van der Waals surface area contributed by atoms with E-state index < -0.39 is 43.1 Å². The second-order valence-electron chi connectivity index (χ2n) is 25.3. The van der Waals surface area contributed by atoms with Crippen molar-refractivity contribution in [1.82, 2.24) is 24.6 Å². The van der Waals surface area contributed by atoms with Crippen LogP contribution in [0.4, 0.5) is 34.3 Å². The Morgan fingerprint density at radius 1 is 0.894 bits per heavy atom. The summed E-state index contributed by atoms with van der Waals surface area (Å²) in [5, 5.41) is 26.9. The first-order valence-electron chi connectivity index (χ1n) is 30.5. The molecule has 2 aliphatic carbocycles. The second-order valence-corrected chi connectivity index (χ2v) is 27.0. The number of nitro benzene ring substituents is 1. The summed E-state index contributed by atoms with van der Waals surface area (Å²) in [6.07, 6.45) is 14.2. The molecule has 21 heteroatoms. The van der Waals surface area contributed by atoms with Gasteiger partial charge in [0.2, 0.25) is 5.88 Å². The van der Waals surface area contributed by atoms with Crippen molar-refractivity contribution < 1.29 is 42.2 Å². The van der Waals surface area contributed by atoms with E-state index in [1.165, 1.54) is 28.8 Å². The number of likely N-dealkylation sites (tertiary alicyclic amines) is 1. The fourth-order valence-corrected chi connectivity index (χ4v) is 15.9. The number of pyridine rings is 2. The van der Waals surface area contributed by atoms with Crippen LogP contribution in [0.1, 0.15) is 111 Å². The molecule has 0 unspecified atom stereocenters. The highest BCUT2D eigenvalue weighted by molar-refractivity contribution is 7.90. The van der Waals surface area contributed by atoms with E-state index in [1.54, 1.807) is 13.2 Å². The molecule has 7 aliphatic rings. The number of rotatable bonds is 15. The molecule has 20 nitrogen and oxygen atoms in total. The monoisotopic (exact) mass is 1180 g/mol. The molecule has 0 radical (unpaired) electrons. The summed E-state index contributed by atoms with van der Waals surface area (Å²) in [5.41, 5.74) is 6.00. The van der Waals surface area contributed by atoms with Crippen LogP contribution >= 0.6 is 0 Å². The van der Waals surface area contributed by atoms with Crippen LogP contribution < -0.4 is 34.2 Å². The zero-order valence-electron chi connectivity index (χ0n) is 48.8. The molecule has 3 aromatic carbocycles. The molecule has 4 N–H and O–H groups in total. The molecule has 5 aliphatic heterocycles. The van der Waals surface area contributed by atoms with Crippen molar-refractivity contribution in [2.24, 2.45) is 17.3 Å². The summed E-state index contributed by atoms with van der Waals surface area (Å²) in [6.45, 7) is 10.9.